The predicted octanol–water partition coefficient (Wildman–Crippen LogP) is 2.04. The van der Waals surface area contributed by atoms with Gasteiger partial charge < -0.3 is 14.4 Å². The summed E-state index contributed by atoms with van der Waals surface area (Å²) in [6.07, 6.45) is 2.09. The largest absolute Gasteiger partial charge is 0.368 e. The monoisotopic (exact) mass is 448 g/mol. The number of hydrogen-bond donors (Lipinski definition) is 1. The number of nitrogens with zero attached hydrogens (tertiary/aromatic N) is 5. The van der Waals surface area contributed by atoms with Crippen LogP contribution in [-0.2, 0) is 11.2 Å². The van der Waals surface area contributed by atoms with Gasteiger partial charge in [0.05, 0.1) is 16.5 Å². The van der Waals surface area contributed by atoms with Gasteiger partial charge >= 0.3 is 0 Å². The topological polar surface area (TPSA) is 106 Å². The molecule has 1 saturated heterocycles. The third-order valence-corrected chi connectivity index (χ3v) is 6.67. The number of amides is 1. The van der Waals surface area contributed by atoms with E-state index in [9.17, 15) is 14.0 Å². The Hall–Kier alpha value is -3.58. The highest BCUT2D eigenvalue weighted by atomic mass is 28.2. The van der Waals surface area contributed by atoms with Gasteiger partial charge in [0.2, 0.25) is 5.91 Å². The molecule has 2 radical (unpaired) electrons. The second-order valence-electron chi connectivity index (χ2n) is 7.71. The fraction of sp³-hybridized carbons (Fsp3) is 0.318. The van der Waals surface area contributed by atoms with E-state index in [2.05, 4.69) is 32.8 Å². The van der Waals surface area contributed by atoms with Crippen molar-refractivity contribution in [3.05, 3.63) is 64.1 Å². The maximum atomic E-state index is 13.4. The number of rotatable bonds is 4. The summed E-state index contributed by atoms with van der Waals surface area (Å²) in [6.45, 7) is 4.10. The van der Waals surface area contributed by atoms with Crippen molar-refractivity contribution in [3.8, 4) is 6.07 Å². The van der Waals surface area contributed by atoms with E-state index in [1.54, 1.807) is 12.3 Å². The number of nitrogens with one attached hydrogen (secondary N) is 1. The van der Waals surface area contributed by atoms with Crippen molar-refractivity contribution in [2.75, 3.05) is 24.5 Å². The molecule has 1 amide bonds. The number of nitriles is 1. The third-order valence-electron chi connectivity index (χ3n) is 5.26. The van der Waals surface area contributed by atoms with Crippen molar-refractivity contribution in [3.63, 3.8) is 0 Å². The Kier molecular flexibility index (Phi) is 6.27. The lowest BCUT2D eigenvalue weighted by Crippen LogP contribution is -2.37. The van der Waals surface area contributed by atoms with Crippen LogP contribution >= 0.6 is 0 Å². The standard InChI is InChI=1S/C22H21FN6O2Si/c1-14-13-28(20-6-2-15(11-24)12-25-20)8-9-29(32-14)21(30)7-5-19-26-18-4-3-16(23)10-17(18)22(31)27-19/h2-4,6,10,12,14H,5,7-9,13H2,1H3,(H,26,27,31)/t14-/m0/s1. The molecule has 32 heavy (non-hydrogen) atoms. The molecule has 1 N–H and O–H groups in total. The molecule has 0 bridgehead atoms. The molecule has 1 aliphatic heterocycles. The number of pyridine rings is 1. The Labute approximate surface area is 186 Å². The summed E-state index contributed by atoms with van der Waals surface area (Å²) in [5, 5.41) is 9.14. The van der Waals surface area contributed by atoms with Crippen LogP contribution in [-0.4, -0.2) is 54.7 Å². The van der Waals surface area contributed by atoms with Crippen LogP contribution in [0.15, 0.2) is 41.3 Å². The number of anilines is 1. The van der Waals surface area contributed by atoms with Crippen molar-refractivity contribution in [1.82, 2.24) is 19.5 Å². The summed E-state index contributed by atoms with van der Waals surface area (Å²) in [6, 6.07) is 9.53. The SMILES string of the molecule is C[C@H]1CN(c2ccc(C#N)cn2)CCN(C(=O)CCc2nc3ccc(F)cc3c(=O)[nH]2)[Si]1. The fourth-order valence-electron chi connectivity index (χ4n) is 3.70. The van der Waals surface area contributed by atoms with Gasteiger partial charge in [0.25, 0.3) is 5.56 Å². The Balaban J connectivity index is 1.40. The number of benzene rings is 1. The maximum absolute atomic E-state index is 13.4. The van der Waals surface area contributed by atoms with Gasteiger partial charge in [-0.15, -0.1) is 0 Å². The maximum Gasteiger partial charge on any atom is 0.258 e. The molecule has 1 aromatic carbocycles. The highest BCUT2D eigenvalue weighted by Crippen LogP contribution is 2.19. The molecule has 8 nitrogen and oxygen atoms in total. The first-order chi connectivity index (χ1) is 15.4. The second kappa shape index (κ2) is 9.28. The molecule has 2 aromatic heterocycles. The molecule has 0 saturated carbocycles. The van der Waals surface area contributed by atoms with Gasteiger partial charge in [0.15, 0.2) is 9.68 Å². The van der Waals surface area contributed by atoms with Gasteiger partial charge in [-0.1, -0.05) is 6.92 Å². The average molecular weight is 449 g/mol. The van der Waals surface area contributed by atoms with E-state index >= 15 is 0 Å². The number of aryl methyl sites for hydroxylation is 1. The Morgan fingerprint density at radius 2 is 2.19 bits per heavy atom. The van der Waals surface area contributed by atoms with E-state index in [-0.39, 0.29) is 23.3 Å². The van der Waals surface area contributed by atoms with Gasteiger partial charge in [-0.25, -0.2) is 14.4 Å². The van der Waals surface area contributed by atoms with Crippen LogP contribution in [0.3, 0.4) is 0 Å². The number of fused-ring (bicyclic) bond motifs is 1. The van der Waals surface area contributed by atoms with Gasteiger partial charge in [-0.2, -0.15) is 5.26 Å². The van der Waals surface area contributed by atoms with E-state index in [0.29, 0.717) is 46.1 Å². The number of aromatic nitrogens is 3. The van der Waals surface area contributed by atoms with Crippen LogP contribution in [0.5, 0.6) is 0 Å². The van der Waals surface area contributed by atoms with Crippen molar-refractivity contribution in [2.45, 2.75) is 25.3 Å². The van der Waals surface area contributed by atoms with E-state index < -0.39 is 11.4 Å². The van der Waals surface area contributed by atoms with Crippen LogP contribution in [0, 0.1) is 17.1 Å². The van der Waals surface area contributed by atoms with E-state index in [0.717, 1.165) is 18.4 Å². The molecule has 0 spiro atoms. The summed E-state index contributed by atoms with van der Waals surface area (Å²) in [5.74, 6) is 0.724. The van der Waals surface area contributed by atoms with Crippen LogP contribution in [0.1, 0.15) is 24.7 Å². The first kappa shape index (κ1) is 21.6. The molecule has 3 aromatic rings. The minimum atomic E-state index is -0.491. The minimum Gasteiger partial charge on any atom is -0.368 e. The van der Waals surface area contributed by atoms with E-state index in [4.69, 9.17) is 5.26 Å². The molecular weight excluding hydrogens is 427 g/mol. The van der Waals surface area contributed by atoms with E-state index in [1.165, 1.54) is 12.1 Å². The smallest absolute Gasteiger partial charge is 0.258 e. The molecule has 4 rings (SSSR count). The van der Waals surface area contributed by atoms with Gasteiger partial charge in [-0.3, -0.25) is 9.59 Å². The number of hydrogen-bond acceptors (Lipinski definition) is 6. The van der Waals surface area contributed by atoms with Crippen LogP contribution in [0.2, 0.25) is 5.54 Å². The van der Waals surface area contributed by atoms with Gasteiger partial charge in [0.1, 0.15) is 23.5 Å². The summed E-state index contributed by atoms with van der Waals surface area (Å²) < 4.78 is 15.2. The zero-order valence-corrected chi connectivity index (χ0v) is 18.5. The number of H-pyrrole nitrogens is 1. The number of carbonyl (C=O) groups is 1. The fourth-order valence-corrected chi connectivity index (χ4v) is 5.02. The van der Waals surface area contributed by atoms with Crippen LogP contribution in [0.4, 0.5) is 10.2 Å². The minimum absolute atomic E-state index is 0.00618. The quantitative estimate of drug-likeness (QED) is 0.613. The Bertz CT molecular complexity index is 1240. The highest BCUT2D eigenvalue weighted by Gasteiger charge is 2.25. The van der Waals surface area contributed by atoms with Crippen LogP contribution in [0.25, 0.3) is 10.9 Å². The van der Waals surface area contributed by atoms with Crippen LogP contribution < -0.4 is 10.5 Å². The summed E-state index contributed by atoms with van der Waals surface area (Å²) in [7, 11) is 0.345. The number of aromatic amines is 1. The normalized spacial score (nSPS) is 16.6. The van der Waals surface area contributed by atoms with Crippen molar-refractivity contribution in [2.24, 2.45) is 0 Å². The lowest BCUT2D eigenvalue weighted by atomic mass is 10.2. The molecule has 162 valence electrons. The van der Waals surface area contributed by atoms with Gasteiger partial charge in [-0.05, 0) is 35.9 Å². The molecule has 1 atom stereocenters. The second-order valence-corrected chi connectivity index (χ2v) is 9.50. The molecule has 1 aliphatic rings. The molecular formula is C22H21FN6O2Si. The molecule has 0 aliphatic carbocycles. The lowest BCUT2D eigenvalue weighted by Gasteiger charge is -2.23. The zero-order chi connectivity index (χ0) is 22.7. The zero-order valence-electron chi connectivity index (χ0n) is 17.5. The summed E-state index contributed by atoms with van der Waals surface area (Å²) >= 11 is 0. The summed E-state index contributed by atoms with van der Waals surface area (Å²) in [5.41, 5.74) is 0.786. The Morgan fingerprint density at radius 3 is 2.94 bits per heavy atom. The Morgan fingerprint density at radius 1 is 1.34 bits per heavy atom. The first-order valence-electron chi connectivity index (χ1n) is 10.3. The molecule has 10 heteroatoms. The highest BCUT2D eigenvalue weighted by molar-refractivity contribution is 6.38. The van der Waals surface area contributed by atoms with Crippen molar-refractivity contribution < 1.29 is 9.18 Å². The predicted molar refractivity (Wildman–Crippen MR) is 119 cm³/mol. The lowest BCUT2D eigenvalue weighted by molar-refractivity contribution is -0.126. The molecule has 1 fully saturated rings. The summed E-state index contributed by atoms with van der Waals surface area (Å²) in [4.78, 5) is 38.6. The van der Waals surface area contributed by atoms with Gasteiger partial charge in [0, 0.05) is 38.7 Å². The first-order valence-corrected chi connectivity index (χ1v) is 11.3. The van der Waals surface area contributed by atoms with Crippen molar-refractivity contribution in [1.29, 1.82) is 5.26 Å². The third kappa shape index (κ3) is 4.83. The number of halogens is 1. The van der Waals surface area contributed by atoms with E-state index in [1.807, 2.05) is 10.6 Å². The molecule has 3 heterocycles. The molecule has 0 unspecified atom stereocenters. The van der Waals surface area contributed by atoms with Crippen molar-refractivity contribution >= 4 is 32.3 Å². The number of carbonyl (C=O) groups excluding carboxylic acids is 1. The average Bonchev–Trinajstić information content (AvgIpc) is 2.99.